The molecule has 34 heavy (non-hydrogen) atoms. The molecule has 0 aromatic heterocycles. The first-order valence-corrected chi connectivity index (χ1v) is 11.0. The van der Waals surface area contributed by atoms with E-state index in [1.807, 2.05) is 37.3 Å². The number of likely N-dealkylation sites (N-methyl/N-ethyl adjacent to an activating group) is 1. The molecule has 9 nitrogen and oxygen atoms in total. The molecule has 2 aromatic carbocycles. The van der Waals surface area contributed by atoms with Gasteiger partial charge in [-0.05, 0) is 24.1 Å². The van der Waals surface area contributed by atoms with Gasteiger partial charge < -0.3 is 25.4 Å². The highest BCUT2D eigenvalue weighted by atomic mass is 16.5. The van der Waals surface area contributed by atoms with E-state index in [0.717, 1.165) is 10.5 Å². The minimum atomic E-state index is -0.545. The van der Waals surface area contributed by atoms with Gasteiger partial charge in [-0.1, -0.05) is 43.3 Å². The molecule has 1 heterocycles. The number of phenols is 1. The third kappa shape index (κ3) is 5.37. The highest BCUT2D eigenvalue weighted by molar-refractivity contribution is 6.20. The summed E-state index contributed by atoms with van der Waals surface area (Å²) in [7, 11) is 4.54. The Bertz CT molecular complexity index is 1100. The van der Waals surface area contributed by atoms with Crippen molar-refractivity contribution in [2.75, 3.05) is 33.1 Å². The standard InChI is InChI=1S/C25H30N4O5/c1-5-17(15-34-14-16-10-7-6-8-11-16)26-20-21(25(33)29(4)24(20)32)27-19-13-9-12-18(22(19)30)23(31)28(2)3/h6-13,17,26-27,30H,5,14-15H2,1-4H3/t17-/m1/s1. The number of para-hydroxylation sites is 1. The molecule has 0 unspecified atom stereocenters. The van der Waals surface area contributed by atoms with Crippen LogP contribution in [0.3, 0.4) is 0 Å². The number of carbonyl (C=O) groups is 3. The van der Waals surface area contributed by atoms with Gasteiger partial charge in [-0.15, -0.1) is 0 Å². The van der Waals surface area contributed by atoms with E-state index in [9.17, 15) is 19.5 Å². The number of benzene rings is 2. The topological polar surface area (TPSA) is 111 Å². The maximum atomic E-state index is 12.8. The van der Waals surface area contributed by atoms with Gasteiger partial charge in [0.25, 0.3) is 17.7 Å². The molecule has 1 aliphatic rings. The smallest absolute Gasteiger partial charge is 0.279 e. The van der Waals surface area contributed by atoms with Gasteiger partial charge in [-0.3, -0.25) is 19.3 Å². The quantitative estimate of drug-likeness (QED) is 0.364. The molecule has 3 amide bonds. The van der Waals surface area contributed by atoms with Crippen LogP contribution in [0.5, 0.6) is 5.75 Å². The summed E-state index contributed by atoms with van der Waals surface area (Å²) in [6.45, 7) is 2.70. The van der Waals surface area contributed by atoms with Crippen LogP contribution in [-0.4, -0.2) is 66.4 Å². The van der Waals surface area contributed by atoms with Crippen molar-refractivity contribution in [3.05, 3.63) is 71.1 Å². The van der Waals surface area contributed by atoms with Crippen molar-refractivity contribution in [2.24, 2.45) is 0 Å². The summed E-state index contributed by atoms with van der Waals surface area (Å²) in [4.78, 5) is 40.3. The highest BCUT2D eigenvalue weighted by Gasteiger charge is 2.37. The Hall–Kier alpha value is -3.85. The number of amides is 3. The molecule has 0 saturated carbocycles. The van der Waals surface area contributed by atoms with E-state index in [4.69, 9.17) is 4.74 Å². The zero-order valence-electron chi connectivity index (χ0n) is 19.8. The predicted octanol–water partition coefficient (Wildman–Crippen LogP) is 2.30. The lowest BCUT2D eigenvalue weighted by atomic mass is 10.1. The molecule has 0 spiro atoms. The second kappa shape index (κ2) is 10.8. The number of anilines is 1. The first-order valence-electron chi connectivity index (χ1n) is 11.0. The molecule has 9 heteroatoms. The second-order valence-corrected chi connectivity index (χ2v) is 8.20. The molecule has 1 aliphatic heterocycles. The number of ether oxygens (including phenoxy) is 1. The van der Waals surface area contributed by atoms with Gasteiger partial charge in [0, 0.05) is 27.2 Å². The van der Waals surface area contributed by atoms with E-state index in [-0.39, 0.29) is 40.3 Å². The van der Waals surface area contributed by atoms with Crippen LogP contribution < -0.4 is 10.6 Å². The Balaban J connectivity index is 1.81. The van der Waals surface area contributed by atoms with E-state index in [0.29, 0.717) is 19.6 Å². The van der Waals surface area contributed by atoms with Gasteiger partial charge in [0.2, 0.25) is 0 Å². The van der Waals surface area contributed by atoms with Crippen LogP contribution in [0.4, 0.5) is 5.69 Å². The van der Waals surface area contributed by atoms with Crippen molar-refractivity contribution in [1.29, 1.82) is 0 Å². The number of imide groups is 1. The average molecular weight is 467 g/mol. The summed E-state index contributed by atoms with van der Waals surface area (Å²) in [6.07, 6.45) is 0.648. The Morgan fingerprint density at radius 1 is 1.06 bits per heavy atom. The lowest BCUT2D eigenvalue weighted by Gasteiger charge is -2.20. The molecule has 2 aromatic rings. The lowest BCUT2D eigenvalue weighted by molar-refractivity contribution is -0.136. The van der Waals surface area contributed by atoms with Crippen LogP contribution in [-0.2, 0) is 20.9 Å². The minimum absolute atomic E-state index is 0.00115. The third-order valence-electron chi connectivity index (χ3n) is 5.49. The number of phenolic OH excluding ortho intramolecular Hbond substituents is 1. The predicted molar refractivity (Wildman–Crippen MR) is 128 cm³/mol. The van der Waals surface area contributed by atoms with Gasteiger partial charge in [0.05, 0.1) is 24.5 Å². The molecule has 3 N–H and O–H groups in total. The van der Waals surface area contributed by atoms with Crippen LogP contribution in [0.2, 0.25) is 0 Å². The van der Waals surface area contributed by atoms with Crippen molar-refractivity contribution >= 4 is 23.4 Å². The molecule has 0 saturated heterocycles. The van der Waals surface area contributed by atoms with Crippen molar-refractivity contribution in [3.8, 4) is 5.75 Å². The lowest BCUT2D eigenvalue weighted by Crippen LogP contribution is -2.37. The number of hydrogen-bond donors (Lipinski definition) is 3. The SMILES string of the molecule is CC[C@H](COCc1ccccc1)NC1=C(Nc2cccc(C(=O)N(C)C)c2O)C(=O)N(C)C1=O. The molecule has 180 valence electrons. The molecule has 0 aliphatic carbocycles. The van der Waals surface area contributed by atoms with Crippen molar-refractivity contribution in [1.82, 2.24) is 15.1 Å². The summed E-state index contributed by atoms with van der Waals surface area (Å²) in [5.41, 5.74) is 1.35. The summed E-state index contributed by atoms with van der Waals surface area (Å²) in [5.74, 6) is -1.73. The number of carbonyl (C=O) groups excluding carboxylic acids is 3. The zero-order chi connectivity index (χ0) is 24.8. The molecular weight excluding hydrogens is 436 g/mol. The number of nitrogens with one attached hydrogen (secondary N) is 2. The summed E-state index contributed by atoms with van der Waals surface area (Å²) in [6, 6.07) is 14.1. The molecular formula is C25H30N4O5. The molecule has 1 atom stereocenters. The van der Waals surface area contributed by atoms with Gasteiger partial charge in [-0.25, -0.2) is 0 Å². The molecule has 0 radical (unpaired) electrons. The van der Waals surface area contributed by atoms with E-state index in [1.54, 1.807) is 20.2 Å². The van der Waals surface area contributed by atoms with Crippen LogP contribution in [0.1, 0.15) is 29.3 Å². The first kappa shape index (κ1) is 24.8. The van der Waals surface area contributed by atoms with Crippen LogP contribution in [0.25, 0.3) is 0 Å². The normalized spacial score (nSPS) is 14.4. The fourth-order valence-electron chi connectivity index (χ4n) is 3.44. The number of aromatic hydroxyl groups is 1. The van der Waals surface area contributed by atoms with E-state index in [1.165, 1.54) is 24.1 Å². The van der Waals surface area contributed by atoms with Gasteiger partial charge >= 0.3 is 0 Å². The third-order valence-corrected chi connectivity index (χ3v) is 5.49. The van der Waals surface area contributed by atoms with Crippen LogP contribution in [0.15, 0.2) is 59.9 Å². The fourth-order valence-corrected chi connectivity index (χ4v) is 3.44. The summed E-state index contributed by atoms with van der Waals surface area (Å²) >= 11 is 0. The van der Waals surface area contributed by atoms with Gasteiger partial charge in [-0.2, -0.15) is 0 Å². The average Bonchev–Trinajstić information content (AvgIpc) is 3.03. The van der Waals surface area contributed by atoms with Crippen molar-refractivity contribution in [3.63, 3.8) is 0 Å². The minimum Gasteiger partial charge on any atom is -0.505 e. The second-order valence-electron chi connectivity index (χ2n) is 8.20. The Morgan fingerprint density at radius 3 is 2.38 bits per heavy atom. The van der Waals surface area contributed by atoms with Gasteiger partial charge in [0.15, 0.2) is 5.75 Å². The van der Waals surface area contributed by atoms with E-state index in [2.05, 4.69) is 10.6 Å². The van der Waals surface area contributed by atoms with Crippen molar-refractivity contribution in [2.45, 2.75) is 26.0 Å². The van der Waals surface area contributed by atoms with Crippen LogP contribution >= 0.6 is 0 Å². The summed E-state index contributed by atoms with van der Waals surface area (Å²) in [5, 5.41) is 16.6. The Kier molecular flexibility index (Phi) is 7.91. The van der Waals surface area contributed by atoms with E-state index >= 15 is 0 Å². The molecule has 0 bridgehead atoms. The maximum Gasteiger partial charge on any atom is 0.279 e. The number of nitrogens with zero attached hydrogens (tertiary/aromatic N) is 2. The number of rotatable bonds is 10. The maximum absolute atomic E-state index is 12.8. The largest absolute Gasteiger partial charge is 0.505 e. The number of hydrogen-bond acceptors (Lipinski definition) is 7. The molecule has 3 rings (SSSR count). The first-order chi connectivity index (χ1) is 16.2. The summed E-state index contributed by atoms with van der Waals surface area (Å²) < 4.78 is 5.81. The van der Waals surface area contributed by atoms with E-state index < -0.39 is 11.8 Å². The van der Waals surface area contributed by atoms with Crippen molar-refractivity contribution < 1.29 is 24.2 Å². The monoisotopic (exact) mass is 466 g/mol. The van der Waals surface area contributed by atoms with Crippen LogP contribution in [0, 0.1) is 0 Å². The fraction of sp³-hybridized carbons (Fsp3) is 0.320. The molecule has 0 fully saturated rings. The Labute approximate surface area is 199 Å². The van der Waals surface area contributed by atoms with Gasteiger partial charge in [0.1, 0.15) is 11.4 Å². The highest BCUT2D eigenvalue weighted by Crippen LogP contribution is 2.31. The zero-order valence-corrected chi connectivity index (χ0v) is 19.8. The Morgan fingerprint density at radius 2 is 1.74 bits per heavy atom.